The minimum Gasteiger partial charge on any atom is -0.371 e. The molecule has 0 heterocycles. The highest BCUT2D eigenvalue weighted by Gasteiger charge is 2.31. The smallest absolute Gasteiger partial charge is 0.322 e. The van der Waals surface area contributed by atoms with Crippen molar-refractivity contribution in [3.63, 3.8) is 0 Å². The summed E-state index contributed by atoms with van der Waals surface area (Å²) < 4.78 is 4.38. The summed E-state index contributed by atoms with van der Waals surface area (Å²) in [7, 11) is 0. The maximum absolute atomic E-state index is 10.6. The Hall–Kier alpha value is -1.30. The molecule has 3 heteroatoms. The summed E-state index contributed by atoms with van der Waals surface area (Å²) in [5.41, 5.74) is 0. The van der Waals surface area contributed by atoms with Crippen molar-refractivity contribution in [3.05, 3.63) is 0 Å². The van der Waals surface area contributed by atoms with Gasteiger partial charge in [-0.1, -0.05) is 0 Å². The molecular weight excluding hydrogens is 132 g/mol. The molecule has 0 aliphatic heterocycles. The molecule has 0 N–H and O–H groups in total. The van der Waals surface area contributed by atoms with Crippen LogP contribution in [0.5, 0.6) is 0 Å². The van der Waals surface area contributed by atoms with E-state index in [1.54, 1.807) is 0 Å². The van der Waals surface area contributed by atoms with E-state index in [0.717, 1.165) is 12.8 Å². The van der Waals surface area contributed by atoms with E-state index in [9.17, 15) is 9.59 Å². The van der Waals surface area contributed by atoms with Gasteiger partial charge in [0.15, 0.2) is 6.29 Å². The fraction of sp³-hybridized carbons (Fsp3) is 0.429. The van der Waals surface area contributed by atoms with Gasteiger partial charge in [-0.25, -0.2) is 0 Å². The maximum atomic E-state index is 10.6. The molecule has 0 amide bonds. The van der Waals surface area contributed by atoms with Crippen LogP contribution < -0.4 is 0 Å². The molecule has 1 aliphatic rings. The molecule has 1 aliphatic carbocycles. The first-order valence-corrected chi connectivity index (χ1v) is 2.99. The van der Waals surface area contributed by atoms with Crippen LogP contribution in [0.3, 0.4) is 0 Å². The maximum Gasteiger partial charge on any atom is 0.322 e. The van der Waals surface area contributed by atoms with Gasteiger partial charge in [-0.15, -0.1) is 0 Å². The van der Waals surface area contributed by atoms with Crippen molar-refractivity contribution in [3.8, 4) is 12.0 Å². The second-order valence-electron chi connectivity index (χ2n) is 2.06. The monoisotopic (exact) mass is 138 g/mol. The van der Waals surface area contributed by atoms with Gasteiger partial charge in [0.05, 0.1) is 5.92 Å². The SMILES string of the molecule is O=CC#COC(=O)C1CC1. The van der Waals surface area contributed by atoms with Gasteiger partial charge in [0.1, 0.15) is 6.11 Å². The van der Waals surface area contributed by atoms with Gasteiger partial charge in [0.2, 0.25) is 0 Å². The van der Waals surface area contributed by atoms with E-state index in [4.69, 9.17) is 0 Å². The molecule has 0 radical (unpaired) electrons. The highest BCUT2D eigenvalue weighted by atomic mass is 16.5. The van der Waals surface area contributed by atoms with Crippen LogP contribution in [0.1, 0.15) is 12.8 Å². The lowest BCUT2D eigenvalue weighted by atomic mass is 10.4. The van der Waals surface area contributed by atoms with Crippen LogP contribution in [-0.2, 0) is 14.3 Å². The van der Waals surface area contributed by atoms with Crippen LogP contribution in [0.2, 0.25) is 0 Å². The fourth-order valence-electron chi connectivity index (χ4n) is 0.506. The van der Waals surface area contributed by atoms with Crippen LogP contribution in [0, 0.1) is 17.9 Å². The number of ether oxygens (including phenoxy) is 1. The Labute approximate surface area is 58.4 Å². The van der Waals surface area contributed by atoms with Gasteiger partial charge in [-0.3, -0.25) is 9.59 Å². The van der Waals surface area contributed by atoms with Gasteiger partial charge in [-0.05, 0) is 12.8 Å². The molecule has 0 aromatic rings. The van der Waals surface area contributed by atoms with Gasteiger partial charge in [0, 0.05) is 5.92 Å². The molecule has 0 bridgehead atoms. The largest absolute Gasteiger partial charge is 0.371 e. The summed E-state index contributed by atoms with van der Waals surface area (Å²) in [6.07, 6.45) is 4.16. The summed E-state index contributed by atoms with van der Waals surface area (Å²) in [5.74, 6) is 1.72. The summed E-state index contributed by atoms with van der Waals surface area (Å²) in [6, 6.07) is 0. The first-order valence-electron chi connectivity index (χ1n) is 2.99. The molecule has 1 saturated carbocycles. The number of rotatable bonds is 1. The third-order valence-corrected chi connectivity index (χ3v) is 1.18. The molecular formula is C7H6O3. The molecule has 0 saturated heterocycles. The quantitative estimate of drug-likeness (QED) is 0.293. The zero-order chi connectivity index (χ0) is 7.40. The first-order chi connectivity index (χ1) is 4.84. The molecule has 10 heavy (non-hydrogen) atoms. The van der Waals surface area contributed by atoms with E-state index in [2.05, 4.69) is 4.74 Å². The fourth-order valence-corrected chi connectivity index (χ4v) is 0.506. The van der Waals surface area contributed by atoms with Crippen LogP contribution in [0.15, 0.2) is 0 Å². The van der Waals surface area contributed by atoms with Gasteiger partial charge >= 0.3 is 5.97 Å². The highest BCUT2D eigenvalue weighted by Crippen LogP contribution is 2.29. The van der Waals surface area contributed by atoms with Crippen molar-refractivity contribution < 1.29 is 14.3 Å². The Morgan fingerprint density at radius 3 is 2.80 bits per heavy atom. The predicted octanol–water partition coefficient (Wildman–Crippen LogP) is 0.0994. The topological polar surface area (TPSA) is 43.4 Å². The Balaban J connectivity index is 2.23. The van der Waals surface area contributed by atoms with Crippen molar-refractivity contribution in [2.24, 2.45) is 5.92 Å². The molecule has 0 unspecified atom stereocenters. The summed E-state index contributed by atoms with van der Waals surface area (Å²) in [5, 5.41) is 0. The van der Waals surface area contributed by atoms with E-state index in [-0.39, 0.29) is 11.9 Å². The van der Waals surface area contributed by atoms with Crippen LogP contribution in [-0.4, -0.2) is 12.3 Å². The average molecular weight is 138 g/mol. The minimum atomic E-state index is -0.311. The van der Waals surface area contributed by atoms with Crippen molar-refractivity contribution in [2.75, 3.05) is 0 Å². The summed E-state index contributed by atoms with van der Waals surface area (Å²) >= 11 is 0. The Bertz CT molecular complexity index is 205. The molecule has 1 rings (SSSR count). The van der Waals surface area contributed by atoms with Crippen molar-refractivity contribution in [1.29, 1.82) is 0 Å². The van der Waals surface area contributed by atoms with Crippen molar-refractivity contribution in [2.45, 2.75) is 12.8 Å². The lowest BCUT2D eigenvalue weighted by molar-refractivity contribution is -0.138. The van der Waals surface area contributed by atoms with E-state index in [1.807, 2.05) is 12.0 Å². The number of esters is 1. The summed E-state index contributed by atoms with van der Waals surface area (Å²) in [4.78, 5) is 20.2. The number of hydrogen-bond acceptors (Lipinski definition) is 3. The molecule has 52 valence electrons. The number of aldehydes is 1. The second kappa shape index (κ2) is 3.02. The molecule has 1 fully saturated rings. The van der Waals surface area contributed by atoms with E-state index in [0.29, 0.717) is 6.29 Å². The Morgan fingerprint density at radius 2 is 2.30 bits per heavy atom. The third-order valence-electron chi connectivity index (χ3n) is 1.18. The number of carbonyl (C=O) groups excluding carboxylic acids is 2. The summed E-state index contributed by atoms with van der Waals surface area (Å²) in [6.45, 7) is 0. The van der Waals surface area contributed by atoms with Crippen molar-refractivity contribution >= 4 is 12.3 Å². The van der Waals surface area contributed by atoms with E-state index in [1.165, 1.54) is 0 Å². The number of hydrogen-bond donors (Lipinski definition) is 0. The predicted molar refractivity (Wildman–Crippen MR) is 32.7 cm³/mol. The third kappa shape index (κ3) is 1.90. The average Bonchev–Trinajstić information content (AvgIpc) is 2.69. The van der Waals surface area contributed by atoms with Crippen LogP contribution in [0.4, 0.5) is 0 Å². The molecule has 0 aromatic heterocycles. The first kappa shape index (κ1) is 6.81. The van der Waals surface area contributed by atoms with Gasteiger partial charge < -0.3 is 4.74 Å². The van der Waals surface area contributed by atoms with Crippen molar-refractivity contribution in [1.82, 2.24) is 0 Å². The molecule has 0 atom stereocenters. The molecule has 0 aromatic carbocycles. The van der Waals surface area contributed by atoms with Crippen LogP contribution >= 0.6 is 0 Å². The Kier molecular flexibility index (Phi) is 2.06. The highest BCUT2D eigenvalue weighted by molar-refractivity contribution is 5.77. The standard InChI is InChI=1S/C7H6O3/c8-4-1-5-10-7(9)6-2-3-6/h4,6H,2-3H2. The Morgan fingerprint density at radius 1 is 1.60 bits per heavy atom. The van der Waals surface area contributed by atoms with Gasteiger partial charge in [-0.2, -0.15) is 0 Å². The number of carbonyl (C=O) groups is 2. The van der Waals surface area contributed by atoms with Gasteiger partial charge in [0.25, 0.3) is 0 Å². The van der Waals surface area contributed by atoms with Crippen LogP contribution in [0.25, 0.3) is 0 Å². The van der Waals surface area contributed by atoms with E-state index < -0.39 is 0 Å². The second-order valence-corrected chi connectivity index (χ2v) is 2.06. The molecule has 3 nitrogen and oxygen atoms in total. The zero-order valence-electron chi connectivity index (χ0n) is 5.29. The van der Waals surface area contributed by atoms with E-state index >= 15 is 0 Å². The molecule has 0 spiro atoms. The normalized spacial score (nSPS) is 14.8. The zero-order valence-corrected chi connectivity index (χ0v) is 5.29. The lowest BCUT2D eigenvalue weighted by Crippen LogP contribution is -2.01. The minimum absolute atomic E-state index is 0.0425. The lowest BCUT2D eigenvalue weighted by Gasteiger charge is -1.87.